The molecule has 90 valence electrons. The van der Waals surface area contributed by atoms with Crippen LogP contribution in [0.25, 0.3) is 0 Å². The van der Waals surface area contributed by atoms with Gasteiger partial charge in [-0.2, -0.15) is 0 Å². The Balaban J connectivity index is 2.73. The lowest BCUT2D eigenvalue weighted by Gasteiger charge is -2.25. The van der Waals surface area contributed by atoms with Crippen LogP contribution < -0.4 is 0 Å². The monoisotopic (exact) mass is 228 g/mol. The fourth-order valence-electron chi connectivity index (χ4n) is 1.66. The van der Waals surface area contributed by atoms with E-state index in [1.54, 1.807) is 0 Å². The van der Waals surface area contributed by atoms with Crippen molar-refractivity contribution in [2.45, 2.75) is 45.8 Å². The standard InChI is InChI=1S/C13H18F2O/c1-9(16-13(2,3)4)8-10-11(14)6-5-7-12(10)15/h5-7,9H,8H2,1-4H3. The van der Waals surface area contributed by atoms with Gasteiger partial charge in [-0.25, -0.2) is 8.78 Å². The summed E-state index contributed by atoms with van der Waals surface area (Å²) in [6.45, 7) is 7.57. The maximum Gasteiger partial charge on any atom is 0.129 e. The molecule has 0 aliphatic rings. The Morgan fingerprint density at radius 3 is 2.12 bits per heavy atom. The summed E-state index contributed by atoms with van der Waals surface area (Å²) in [6, 6.07) is 3.90. The lowest BCUT2D eigenvalue weighted by Crippen LogP contribution is -2.27. The van der Waals surface area contributed by atoms with E-state index in [-0.39, 0.29) is 23.7 Å². The first-order valence-corrected chi connectivity index (χ1v) is 5.40. The molecule has 0 saturated heterocycles. The van der Waals surface area contributed by atoms with E-state index in [9.17, 15) is 8.78 Å². The van der Waals surface area contributed by atoms with E-state index in [0.717, 1.165) is 0 Å². The molecule has 16 heavy (non-hydrogen) atoms. The van der Waals surface area contributed by atoms with Crippen LogP contribution in [-0.2, 0) is 11.2 Å². The van der Waals surface area contributed by atoms with Crippen LogP contribution in [0.2, 0.25) is 0 Å². The van der Waals surface area contributed by atoms with Crippen molar-refractivity contribution < 1.29 is 13.5 Å². The summed E-state index contributed by atoms with van der Waals surface area (Å²) >= 11 is 0. The number of benzene rings is 1. The highest BCUT2D eigenvalue weighted by atomic mass is 19.1. The molecule has 1 unspecified atom stereocenters. The molecule has 0 aliphatic heterocycles. The van der Waals surface area contributed by atoms with Crippen molar-refractivity contribution in [3.05, 3.63) is 35.4 Å². The number of hydrogen-bond acceptors (Lipinski definition) is 1. The van der Waals surface area contributed by atoms with E-state index >= 15 is 0 Å². The fraction of sp³-hybridized carbons (Fsp3) is 0.538. The second-order valence-corrected chi connectivity index (χ2v) is 4.95. The van der Waals surface area contributed by atoms with Crippen LogP contribution in [0, 0.1) is 11.6 Å². The zero-order valence-corrected chi connectivity index (χ0v) is 10.2. The quantitative estimate of drug-likeness (QED) is 0.766. The molecule has 1 nitrogen and oxygen atoms in total. The SMILES string of the molecule is CC(Cc1c(F)cccc1F)OC(C)(C)C. The van der Waals surface area contributed by atoms with E-state index in [1.807, 2.05) is 27.7 Å². The minimum absolute atomic E-state index is 0.0965. The van der Waals surface area contributed by atoms with Gasteiger partial charge in [-0.3, -0.25) is 0 Å². The largest absolute Gasteiger partial charge is 0.373 e. The first-order valence-electron chi connectivity index (χ1n) is 5.40. The van der Waals surface area contributed by atoms with E-state index in [4.69, 9.17) is 4.74 Å². The van der Waals surface area contributed by atoms with E-state index in [2.05, 4.69) is 0 Å². The summed E-state index contributed by atoms with van der Waals surface area (Å²) in [6.07, 6.45) is 0.0295. The van der Waals surface area contributed by atoms with Crippen molar-refractivity contribution in [1.82, 2.24) is 0 Å². The lowest BCUT2D eigenvalue weighted by atomic mass is 10.1. The summed E-state index contributed by atoms with van der Waals surface area (Å²) in [5.74, 6) is -1.02. The molecule has 1 aromatic carbocycles. The van der Waals surface area contributed by atoms with Gasteiger partial charge in [0.2, 0.25) is 0 Å². The minimum atomic E-state index is -0.510. The molecule has 0 fully saturated rings. The average Bonchev–Trinajstić information content (AvgIpc) is 2.08. The highest BCUT2D eigenvalue weighted by Gasteiger charge is 2.18. The van der Waals surface area contributed by atoms with Crippen molar-refractivity contribution in [3.63, 3.8) is 0 Å². The van der Waals surface area contributed by atoms with Crippen LogP contribution in [0.4, 0.5) is 8.78 Å². The molecule has 0 aromatic heterocycles. The van der Waals surface area contributed by atoms with Crippen LogP contribution in [0.3, 0.4) is 0 Å². The molecule has 0 spiro atoms. The van der Waals surface area contributed by atoms with Gasteiger partial charge in [-0.05, 0) is 39.8 Å². The average molecular weight is 228 g/mol. The Labute approximate surface area is 95.4 Å². The second-order valence-electron chi connectivity index (χ2n) is 4.95. The normalized spacial score (nSPS) is 13.9. The Bertz CT molecular complexity index is 335. The molecular weight excluding hydrogens is 210 g/mol. The molecular formula is C13H18F2O. The van der Waals surface area contributed by atoms with Gasteiger partial charge in [-0.15, -0.1) is 0 Å². The van der Waals surface area contributed by atoms with Crippen LogP contribution in [0.5, 0.6) is 0 Å². The predicted molar refractivity (Wildman–Crippen MR) is 60.4 cm³/mol. The number of halogens is 2. The van der Waals surface area contributed by atoms with Gasteiger partial charge in [-0.1, -0.05) is 6.07 Å². The zero-order chi connectivity index (χ0) is 12.3. The van der Waals surface area contributed by atoms with Gasteiger partial charge in [0.05, 0.1) is 11.7 Å². The van der Waals surface area contributed by atoms with Crippen molar-refractivity contribution in [3.8, 4) is 0 Å². The van der Waals surface area contributed by atoms with Gasteiger partial charge < -0.3 is 4.74 Å². The highest BCUT2D eigenvalue weighted by Crippen LogP contribution is 2.18. The zero-order valence-electron chi connectivity index (χ0n) is 10.2. The third-order valence-corrected chi connectivity index (χ3v) is 2.11. The third kappa shape index (κ3) is 3.89. The van der Waals surface area contributed by atoms with E-state index in [1.165, 1.54) is 18.2 Å². The molecule has 1 rings (SSSR count). The highest BCUT2D eigenvalue weighted by molar-refractivity contribution is 5.20. The minimum Gasteiger partial charge on any atom is -0.373 e. The summed E-state index contributed by atoms with van der Waals surface area (Å²) in [5, 5.41) is 0. The second kappa shape index (κ2) is 4.91. The number of rotatable bonds is 3. The summed E-state index contributed by atoms with van der Waals surface area (Å²) < 4.78 is 32.3. The summed E-state index contributed by atoms with van der Waals surface area (Å²) in [4.78, 5) is 0. The Hall–Kier alpha value is -0.960. The number of hydrogen-bond donors (Lipinski definition) is 0. The predicted octanol–water partition coefficient (Wildman–Crippen LogP) is 3.71. The molecule has 0 heterocycles. The van der Waals surface area contributed by atoms with Crippen molar-refractivity contribution in [2.75, 3.05) is 0 Å². The Morgan fingerprint density at radius 1 is 1.19 bits per heavy atom. The topological polar surface area (TPSA) is 9.23 Å². The summed E-state index contributed by atoms with van der Waals surface area (Å²) in [7, 11) is 0. The summed E-state index contributed by atoms with van der Waals surface area (Å²) in [5.41, 5.74) is -0.208. The molecule has 1 aromatic rings. The lowest BCUT2D eigenvalue weighted by molar-refractivity contribution is -0.0510. The maximum absolute atomic E-state index is 13.3. The first kappa shape index (κ1) is 13.1. The van der Waals surface area contributed by atoms with Crippen molar-refractivity contribution >= 4 is 0 Å². The van der Waals surface area contributed by atoms with E-state index < -0.39 is 11.6 Å². The van der Waals surface area contributed by atoms with Crippen molar-refractivity contribution in [1.29, 1.82) is 0 Å². The van der Waals surface area contributed by atoms with Crippen molar-refractivity contribution in [2.24, 2.45) is 0 Å². The molecule has 1 atom stereocenters. The Morgan fingerprint density at radius 2 is 1.69 bits per heavy atom. The fourth-order valence-corrected chi connectivity index (χ4v) is 1.66. The smallest absolute Gasteiger partial charge is 0.129 e. The van der Waals surface area contributed by atoms with Crippen LogP contribution >= 0.6 is 0 Å². The number of ether oxygens (including phenoxy) is 1. The molecule has 0 N–H and O–H groups in total. The molecule has 0 saturated carbocycles. The van der Waals surface area contributed by atoms with Gasteiger partial charge in [0.25, 0.3) is 0 Å². The third-order valence-electron chi connectivity index (χ3n) is 2.11. The van der Waals surface area contributed by atoms with Gasteiger partial charge in [0, 0.05) is 12.0 Å². The Kier molecular flexibility index (Phi) is 4.03. The van der Waals surface area contributed by atoms with Crippen LogP contribution in [0.1, 0.15) is 33.3 Å². The van der Waals surface area contributed by atoms with Gasteiger partial charge >= 0.3 is 0 Å². The maximum atomic E-state index is 13.3. The first-order chi connectivity index (χ1) is 7.29. The molecule has 0 amide bonds. The molecule has 0 bridgehead atoms. The van der Waals surface area contributed by atoms with E-state index in [0.29, 0.717) is 0 Å². The molecule has 0 radical (unpaired) electrons. The van der Waals surface area contributed by atoms with Crippen LogP contribution in [0.15, 0.2) is 18.2 Å². The van der Waals surface area contributed by atoms with Gasteiger partial charge in [0.15, 0.2) is 0 Å². The molecule has 3 heteroatoms. The van der Waals surface area contributed by atoms with Crippen LogP contribution in [-0.4, -0.2) is 11.7 Å². The molecule has 0 aliphatic carbocycles. The van der Waals surface area contributed by atoms with Gasteiger partial charge in [0.1, 0.15) is 11.6 Å².